The molecule has 0 N–H and O–H groups in total. The van der Waals surface area contributed by atoms with Gasteiger partial charge in [-0.3, -0.25) is 0 Å². The van der Waals surface area contributed by atoms with Gasteiger partial charge in [-0.15, -0.1) is 0 Å². The van der Waals surface area contributed by atoms with Crippen LogP contribution in [0, 0.1) is 0 Å². The highest BCUT2D eigenvalue weighted by Gasteiger charge is 2.16. The molecule has 0 saturated carbocycles. The van der Waals surface area contributed by atoms with Crippen LogP contribution in [0.25, 0.3) is 76.5 Å². The molecule has 1 heterocycles. The zero-order valence-corrected chi connectivity index (χ0v) is 26.7. The van der Waals surface area contributed by atoms with Crippen LogP contribution in [0.3, 0.4) is 0 Å². The Hall–Kier alpha value is -6.44. The van der Waals surface area contributed by atoms with Gasteiger partial charge in [0.1, 0.15) is 11.2 Å². The van der Waals surface area contributed by atoms with E-state index in [1.165, 1.54) is 0 Å². The molecule has 0 aliphatic rings. The Morgan fingerprint density at radius 1 is 0.431 bits per heavy atom. The molecular formula is C50H34O. The molecule has 0 aliphatic heterocycles. The lowest BCUT2D eigenvalue weighted by molar-refractivity contribution is 0.670. The summed E-state index contributed by atoms with van der Waals surface area (Å²) in [6, 6.07) is 8.17. The Kier molecular flexibility index (Phi) is 3.83. The molecule has 51 heavy (non-hydrogen) atoms. The topological polar surface area (TPSA) is 13.1 Å². The van der Waals surface area contributed by atoms with E-state index in [1.807, 2.05) is 48.5 Å². The van der Waals surface area contributed by atoms with E-state index >= 15 is 0 Å². The molecule has 0 fully saturated rings. The predicted molar refractivity (Wildman–Crippen MR) is 216 cm³/mol. The molecule has 1 nitrogen and oxygen atoms in total. The number of para-hydroxylation sites is 1. The second-order valence-electron chi connectivity index (χ2n) is 12.1. The first-order valence-corrected chi connectivity index (χ1v) is 16.2. The quantitative estimate of drug-likeness (QED) is 0.161. The Morgan fingerprint density at radius 2 is 1.08 bits per heavy atom. The van der Waals surface area contributed by atoms with Crippen LogP contribution in [0.15, 0.2) is 186 Å². The van der Waals surface area contributed by atoms with Crippen LogP contribution in [0.2, 0.25) is 0 Å². The number of fused-ring (bicyclic) bond motifs is 6. The second-order valence-corrected chi connectivity index (χ2v) is 12.1. The lowest BCUT2D eigenvalue weighted by Gasteiger charge is -2.17. The number of furan rings is 1. The van der Waals surface area contributed by atoms with Crippen LogP contribution in [0.1, 0.15) is 48.3 Å². The molecule has 240 valence electrons. The van der Waals surface area contributed by atoms with Gasteiger partial charge in [0.2, 0.25) is 0 Å². The van der Waals surface area contributed by atoms with Crippen molar-refractivity contribution in [2.24, 2.45) is 0 Å². The molecule has 1 aromatic heterocycles. The molecule has 0 aliphatic carbocycles. The van der Waals surface area contributed by atoms with Gasteiger partial charge in [-0.05, 0) is 102 Å². The summed E-state index contributed by atoms with van der Waals surface area (Å²) in [6.07, 6.45) is -1.32. The Labute approximate surface area is 323 Å². The second kappa shape index (κ2) is 12.2. The minimum Gasteiger partial charge on any atom is -0.455 e. The summed E-state index contributed by atoms with van der Waals surface area (Å²) < 4.78 is 177. The molecule has 9 aromatic carbocycles. The van der Waals surface area contributed by atoms with Crippen LogP contribution >= 0.6 is 0 Å². The Balaban J connectivity index is 1.23. The largest absolute Gasteiger partial charge is 0.455 e. The smallest absolute Gasteiger partial charge is 0.143 e. The SMILES string of the molecule is [2H]c1c([2H])c([2H])c(Cc2c3c([2H])c([2H])c([2H])c([2H])c3c(Cc3c([2H])c([2H])c4c([2H])c(-c5ccc6oc7c(-c8ccccc8)cccc7c6c5)c([2H])c([2H])c4c3[2H])c3c([2H])c([2H])c([2H])c([2H])c23)c([2H])c1[2H]. The summed E-state index contributed by atoms with van der Waals surface area (Å²) in [5.41, 5.74) is 2.22. The fraction of sp³-hybridized carbons (Fsp3) is 0.0400. The van der Waals surface area contributed by atoms with Crippen molar-refractivity contribution in [3.05, 3.63) is 204 Å². The van der Waals surface area contributed by atoms with E-state index in [0.717, 1.165) is 16.5 Å². The Morgan fingerprint density at radius 3 is 1.80 bits per heavy atom. The maximum Gasteiger partial charge on any atom is 0.143 e. The third-order valence-electron chi connectivity index (χ3n) is 9.14. The van der Waals surface area contributed by atoms with Gasteiger partial charge in [0.05, 0.1) is 26.0 Å². The Bertz CT molecular complexity index is 3880. The third kappa shape index (κ3) is 5.18. The van der Waals surface area contributed by atoms with Crippen LogP contribution in [-0.2, 0) is 12.8 Å². The average Bonchev–Trinajstić information content (AvgIpc) is 3.73. The summed E-state index contributed by atoms with van der Waals surface area (Å²) in [5.74, 6) is 0. The van der Waals surface area contributed by atoms with Crippen LogP contribution in [-0.4, -0.2) is 0 Å². The number of rotatable bonds is 6. The molecule has 0 amide bonds. The minimum atomic E-state index is -0.749. The maximum atomic E-state index is 9.56. The van der Waals surface area contributed by atoms with Crippen LogP contribution in [0.4, 0.5) is 0 Å². The number of hydrogen-bond acceptors (Lipinski definition) is 1. The van der Waals surface area contributed by atoms with Gasteiger partial charge in [-0.2, -0.15) is 0 Å². The molecule has 0 bridgehead atoms. The van der Waals surface area contributed by atoms with Gasteiger partial charge in [0.25, 0.3) is 0 Å². The zero-order chi connectivity index (χ0) is 50.3. The molecule has 1 heteroatoms. The normalized spacial score (nSPS) is 16.9. The molecule has 0 saturated heterocycles. The van der Waals surface area contributed by atoms with Crippen molar-refractivity contribution < 1.29 is 30.5 Å². The van der Waals surface area contributed by atoms with E-state index < -0.39 is 128 Å². The van der Waals surface area contributed by atoms with E-state index in [2.05, 4.69) is 0 Å². The number of hydrogen-bond donors (Lipinski definition) is 0. The van der Waals surface area contributed by atoms with E-state index in [4.69, 9.17) is 16.8 Å². The zero-order valence-electron chi connectivity index (χ0n) is 45.7. The van der Waals surface area contributed by atoms with E-state index in [0.29, 0.717) is 22.1 Å². The fourth-order valence-corrected chi connectivity index (χ4v) is 6.80. The van der Waals surface area contributed by atoms with Crippen molar-refractivity contribution in [2.75, 3.05) is 0 Å². The summed E-state index contributed by atoms with van der Waals surface area (Å²) in [5, 5.41) is -0.403. The van der Waals surface area contributed by atoms with Gasteiger partial charge >= 0.3 is 0 Å². The first-order chi connectivity index (χ1) is 33.2. The summed E-state index contributed by atoms with van der Waals surface area (Å²) in [7, 11) is 0. The van der Waals surface area contributed by atoms with Gasteiger partial charge in [0, 0.05) is 16.3 Å². The number of benzene rings is 9. The highest BCUT2D eigenvalue weighted by atomic mass is 16.3. The van der Waals surface area contributed by atoms with Crippen molar-refractivity contribution in [1.29, 1.82) is 0 Å². The molecule has 10 aromatic rings. The van der Waals surface area contributed by atoms with Gasteiger partial charge in [-0.25, -0.2) is 0 Å². The predicted octanol–water partition coefficient (Wildman–Crippen LogP) is 13.6. The molecule has 0 radical (unpaired) electrons. The van der Waals surface area contributed by atoms with E-state index in [-0.39, 0.29) is 60.1 Å². The van der Waals surface area contributed by atoms with Crippen molar-refractivity contribution >= 4 is 54.3 Å². The standard InChI is InChI=1S/C50H34O/c1-3-12-33(13-4-1)29-46-41-16-7-9-18-43(41)47(44-19-10-8-17-42(44)46)30-34-22-23-37-31-38(25-24-36(37)28-34)39-26-27-49-48(32-39)45-21-11-20-40(50(45)51-49)35-14-5-2-6-15-35/h1-28,31-32H,29-30H2/i1D,3D,4D,7D,8D,9D,10D,12D,13D,16D,17D,18D,19D,22D,23D,24D,25D,28D,31D. The average molecular weight is 670 g/mol. The molecule has 0 spiro atoms. The lowest BCUT2D eigenvalue weighted by Crippen LogP contribution is -1.98. The van der Waals surface area contributed by atoms with Crippen LogP contribution in [0.5, 0.6) is 0 Å². The van der Waals surface area contributed by atoms with Crippen molar-refractivity contribution in [1.82, 2.24) is 0 Å². The first-order valence-electron chi connectivity index (χ1n) is 25.7. The van der Waals surface area contributed by atoms with Crippen molar-refractivity contribution in [3.8, 4) is 22.3 Å². The summed E-state index contributed by atoms with van der Waals surface area (Å²) >= 11 is 0. The van der Waals surface area contributed by atoms with Crippen LogP contribution < -0.4 is 0 Å². The van der Waals surface area contributed by atoms with Gasteiger partial charge in [0.15, 0.2) is 0 Å². The first kappa shape index (κ1) is 16.1. The summed E-state index contributed by atoms with van der Waals surface area (Å²) in [4.78, 5) is 0. The lowest BCUT2D eigenvalue weighted by atomic mass is 9.86. The third-order valence-corrected chi connectivity index (χ3v) is 9.14. The van der Waals surface area contributed by atoms with Crippen molar-refractivity contribution in [3.63, 3.8) is 0 Å². The molecule has 0 atom stereocenters. The highest BCUT2D eigenvalue weighted by molar-refractivity contribution is 6.11. The summed E-state index contributed by atoms with van der Waals surface area (Å²) in [6.45, 7) is 0. The maximum absolute atomic E-state index is 9.56. The monoisotopic (exact) mass is 669 g/mol. The molecule has 10 rings (SSSR count). The molecular weight excluding hydrogens is 617 g/mol. The fourth-order valence-electron chi connectivity index (χ4n) is 6.80. The highest BCUT2D eigenvalue weighted by Crippen LogP contribution is 2.39. The van der Waals surface area contributed by atoms with Gasteiger partial charge < -0.3 is 4.42 Å². The molecule has 0 unspecified atom stereocenters. The van der Waals surface area contributed by atoms with E-state index in [1.54, 1.807) is 18.2 Å². The van der Waals surface area contributed by atoms with Gasteiger partial charge in [-0.1, -0.05) is 163 Å². The van der Waals surface area contributed by atoms with Crippen molar-refractivity contribution in [2.45, 2.75) is 12.8 Å². The van der Waals surface area contributed by atoms with E-state index in [9.17, 15) is 13.7 Å². The minimum absolute atomic E-state index is 0.0355.